The van der Waals surface area contributed by atoms with Crippen LogP contribution < -0.4 is 10.2 Å². The lowest BCUT2D eigenvalue weighted by molar-refractivity contribution is -0.149. The largest absolute Gasteiger partial charge is 0.408 e. The number of nitrogens with one attached hydrogen (secondary N) is 2. The number of benzene rings is 1. The first-order valence-corrected chi connectivity index (χ1v) is 11.0. The van der Waals surface area contributed by atoms with Crippen LogP contribution in [0.1, 0.15) is 41.1 Å². The number of nitriles is 1. The number of carbonyl (C=O) groups excluding carboxylic acids is 1. The second-order valence-corrected chi connectivity index (χ2v) is 8.69. The lowest BCUT2D eigenvalue weighted by Crippen LogP contribution is -2.57. The van der Waals surface area contributed by atoms with Gasteiger partial charge >= 0.3 is 6.18 Å². The van der Waals surface area contributed by atoms with Crippen LogP contribution in [-0.2, 0) is 0 Å². The molecule has 0 bridgehead atoms. The Bertz CT molecular complexity index is 1320. The van der Waals surface area contributed by atoms with Crippen molar-refractivity contribution >= 4 is 11.6 Å². The monoisotopic (exact) mass is 507 g/mol. The smallest absolute Gasteiger partial charge is 0.361 e. The number of hydrogen-bond acceptors (Lipinski definition) is 5. The molecule has 4 rings (SSSR count). The van der Waals surface area contributed by atoms with Crippen molar-refractivity contribution in [1.82, 2.24) is 25.3 Å². The Morgan fingerprint density at radius 2 is 2.03 bits per heavy atom. The van der Waals surface area contributed by atoms with Crippen LogP contribution in [-0.4, -0.2) is 50.7 Å². The number of H-pyrrole nitrogens is 1. The maximum atomic E-state index is 14.9. The molecule has 0 radical (unpaired) electrons. The molecular weight excluding hydrogens is 485 g/mol. The van der Waals surface area contributed by atoms with Gasteiger partial charge in [-0.3, -0.25) is 14.6 Å². The van der Waals surface area contributed by atoms with E-state index in [-0.39, 0.29) is 24.7 Å². The fourth-order valence-corrected chi connectivity index (χ4v) is 4.32. The zero-order valence-electron chi connectivity index (χ0n) is 19.5. The first-order chi connectivity index (χ1) is 16.9. The number of halogens is 5. The van der Waals surface area contributed by atoms with E-state index in [0.717, 1.165) is 28.6 Å². The van der Waals surface area contributed by atoms with Gasteiger partial charge in [-0.25, -0.2) is 8.78 Å². The molecule has 1 aliphatic rings. The number of rotatable bonds is 6. The van der Waals surface area contributed by atoms with Gasteiger partial charge in [0.2, 0.25) is 0 Å². The minimum atomic E-state index is -4.73. The van der Waals surface area contributed by atoms with Gasteiger partial charge in [0.25, 0.3) is 5.91 Å². The molecule has 0 aliphatic carbocycles. The summed E-state index contributed by atoms with van der Waals surface area (Å²) in [5.74, 6) is -3.55. The maximum Gasteiger partial charge on any atom is 0.408 e. The zero-order chi connectivity index (χ0) is 26.4. The van der Waals surface area contributed by atoms with Gasteiger partial charge in [-0.15, -0.1) is 0 Å². The molecule has 2 N–H and O–H groups in total. The lowest BCUT2D eigenvalue weighted by Gasteiger charge is -2.48. The summed E-state index contributed by atoms with van der Waals surface area (Å²) in [5.41, 5.74) is 2.33. The van der Waals surface area contributed by atoms with Crippen LogP contribution in [0.2, 0.25) is 0 Å². The molecule has 36 heavy (non-hydrogen) atoms. The Morgan fingerprint density at radius 3 is 2.64 bits per heavy atom. The third-order valence-electron chi connectivity index (χ3n) is 6.32. The Morgan fingerprint density at radius 1 is 1.31 bits per heavy atom. The van der Waals surface area contributed by atoms with Crippen molar-refractivity contribution in [2.45, 2.75) is 51.5 Å². The summed E-state index contributed by atoms with van der Waals surface area (Å²) in [4.78, 5) is 13.6. The number of amides is 1. The summed E-state index contributed by atoms with van der Waals surface area (Å²) in [6.07, 6.45) is -1.30. The molecule has 190 valence electrons. The average molecular weight is 507 g/mol. The van der Waals surface area contributed by atoms with Crippen LogP contribution in [0.4, 0.5) is 27.6 Å². The summed E-state index contributed by atoms with van der Waals surface area (Å²) in [6, 6.07) is 0.259. The molecule has 13 heteroatoms. The van der Waals surface area contributed by atoms with E-state index in [9.17, 15) is 32.0 Å². The van der Waals surface area contributed by atoms with Gasteiger partial charge in [0.15, 0.2) is 0 Å². The Balaban J connectivity index is 1.56. The molecule has 3 atom stereocenters. The zero-order valence-corrected chi connectivity index (χ0v) is 19.5. The standard InChI is InChI=1S/C23H22F5N7O/c1-11-21(12(2)33-32-11)14-8-30-35(9-14)20-10-34(18(20)4-5-29)19-7-16(24)15(6-17(19)25)22(36)31-13(3)23(26,27)28/h6-9,13,18,20H,4,10H2,1-3H3,(H,31,36)(H,32,33)/t13-,18?,20?/m0/s1. The van der Waals surface area contributed by atoms with Crippen LogP contribution in [0.5, 0.6) is 0 Å². The third-order valence-corrected chi connectivity index (χ3v) is 6.32. The highest BCUT2D eigenvalue weighted by molar-refractivity contribution is 5.95. The highest BCUT2D eigenvalue weighted by atomic mass is 19.4. The van der Waals surface area contributed by atoms with Crippen molar-refractivity contribution in [3.05, 3.63) is 53.1 Å². The van der Waals surface area contributed by atoms with Crippen molar-refractivity contribution in [1.29, 1.82) is 5.26 Å². The molecule has 1 aromatic carbocycles. The van der Waals surface area contributed by atoms with Gasteiger partial charge in [-0.05, 0) is 26.8 Å². The molecule has 1 fully saturated rings. The number of anilines is 1. The van der Waals surface area contributed by atoms with E-state index in [1.807, 2.05) is 19.9 Å². The van der Waals surface area contributed by atoms with E-state index >= 15 is 0 Å². The number of nitrogens with zero attached hydrogens (tertiary/aromatic N) is 5. The van der Waals surface area contributed by atoms with E-state index in [4.69, 9.17) is 0 Å². The number of aromatic amines is 1. The van der Waals surface area contributed by atoms with Gasteiger partial charge in [0, 0.05) is 35.6 Å². The van der Waals surface area contributed by atoms with Crippen LogP contribution >= 0.6 is 0 Å². The van der Waals surface area contributed by atoms with Gasteiger partial charge in [-0.1, -0.05) is 0 Å². The Kier molecular flexibility index (Phi) is 6.46. The summed E-state index contributed by atoms with van der Waals surface area (Å²) in [6.45, 7) is 4.62. The van der Waals surface area contributed by atoms with E-state index < -0.39 is 41.4 Å². The molecule has 8 nitrogen and oxygen atoms in total. The molecule has 1 aliphatic heterocycles. The predicted molar refractivity (Wildman–Crippen MR) is 119 cm³/mol. The average Bonchev–Trinajstić information content (AvgIpc) is 3.38. The molecule has 2 unspecified atom stereocenters. The highest BCUT2D eigenvalue weighted by Crippen LogP contribution is 2.39. The maximum absolute atomic E-state index is 14.9. The van der Waals surface area contributed by atoms with Crippen LogP contribution in [0.3, 0.4) is 0 Å². The quantitative estimate of drug-likeness (QED) is 0.487. The van der Waals surface area contributed by atoms with Gasteiger partial charge < -0.3 is 10.2 Å². The summed E-state index contributed by atoms with van der Waals surface area (Å²) in [7, 11) is 0. The number of alkyl halides is 3. The van der Waals surface area contributed by atoms with Gasteiger partial charge in [0.05, 0.1) is 47.7 Å². The third kappa shape index (κ3) is 4.50. The van der Waals surface area contributed by atoms with E-state index in [2.05, 4.69) is 15.3 Å². The second kappa shape index (κ2) is 9.25. The fraction of sp³-hybridized carbons (Fsp3) is 0.391. The normalized spacial score (nSPS) is 18.5. The molecule has 0 saturated carbocycles. The minimum absolute atomic E-state index is 0.0178. The van der Waals surface area contributed by atoms with Crippen molar-refractivity contribution < 1.29 is 26.7 Å². The number of aryl methyl sites for hydroxylation is 2. The summed E-state index contributed by atoms with van der Waals surface area (Å²) in [5, 5.41) is 22.4. The first-order valence-electron chi connectivity index (χ1n) is 11.0. The van der Waals surface area contributed by atoms with E-state index in [0.29, 0.717) is 13.0 Å². The van der Waals surface area contributed by atoms with Crippen molar-refractivity contribution in [2.75, 3.05) is 11.4 Å². The Hall–Kier alpha value is -3.95. The minimum Gasteiger partial charge on any atom is -0.361 e. The molecule has 0 spiro atoms. The second-order valence-electron chi connectivity index (χ2n) is 8.69. The van der Waals surface area contributed by atoms with Crippen molar-refractivity contribution in [2.24, 2.45) is 0 Å². The number of aromatic nitrogens is 4. The van der Waals surface area contributed by atoms with Crippen LogP contribution in [0.15, 0.2) is 24.5 Å². The first kappa shape index (κ1) is 25.2. The summed E-state index contributed by atoms with van der Waals surface area (Å²) >= 11 is 0. The Labute approximate surface area is 202 Å². The van der Waals surface area contributed by atoms with Crippen molar-refractivity contribution in [3.63, 3.8) is 0 Å². The molecule has 3 aromatic rings. The fourth-order valence-electron chi connectivity index (χ4n) is 4.32. The van der Waals surface area contributed by atoms with Gasteiger partial charge in [-0.2, -0.15) is 28.6 Å². The molecular formula is C23H22F5N7O. The molecule has 2 aromatic heterocycles. The predicted octanol–water partition coefficient (Wildman–Crippen LogP) is 4.19. The van der Waals surface area contributed by atoms with Crippen molar-refractivity contribution in [3.8, 4) is 17.2 Å². The topological polar surface area (TPSA) is 103 Å². The van der Waals surface area contributed by atoms with E-state index in [1.165, 1.54) is 4.90 Å². The van der Waals surface area contributed by atoms with Crippen LogP contribution in [0.25, 0.3) is 11.1 Å². The van der Waals surface area contributed by atoms with E-state index in [1.54, 1.807) is 22.4 Å². The highest BCUT2D eigenvalue weighted by Gasteiger charge is 2.42. The summed E-state index contributed by atoms with van der Waals surface area (Å²) < 4.78 is 69.4. The number of carbonyl (C=O) groups is 1. The number of hydrogen-bond donors (Lipinski definition) is 2. The molecule has 1 saturated heterocycles. The molecule has 1 amide bonds. The SMILES string of the molecule is Cc1n[nH]c(C)c1-c1cnn(C2CN(c3cc(F)c(C(=O)N[C@@H](C)C(F)(F)F)cc3F)C2CC#N)c1. The molecule has 3 heterocycles. The van der Waals surface area contributed by atoms with Crippen LogP contribution in [0, 0.1) is 36.8 Å². The van der Waals surface area contributed by atoms with Gasteiger partial charge in [0.1, 0.15) is 17.7 Å². The lowest BCUT2D eigenvalue weighted by atomic mass is 9.92.